The van der Waals surface area contributed by atoms with E-state index in [1.807, 2.05) is 0 Å². The van der Waals surface area contributed by atoms with Crippen LogP contribution in [0.15, 0.2) is 12.2 Å². The summed E-state index contributed by atoms with van der Waals surface area (Å²) in [6.07, 6.45) is -0.133. The maximum Gasteiger partial charge on any atom is 0.422 e. The molecule has 2 atom stereocenters. The van der Waals surface area contributed by atoms with Crippen LogP contribution in [0.4, 0.5) is 13.2 Å². The zero-order valence-electron chi connectivity index (χ0n) is 13.5. The van der Waals surface area contributed by atoms with E-state index in [0.717, 1.165) is 32.1 Å². The Morgan fingerprint density at radius 1 is 1.17 bits per heavy atom. The first kappa shape index (κ1) is 16.8. The highest BCUT2D eigenvalue weighted by Gasteiger charge is 2.63. The summed E-state index contributed by atoms with van der Waals surface area (Å²) in [4.78, 5) is 11.9. The second-order valence-electron chi connectivity index (χ2n) is 8.34. The summed E-state index contributed by atoms with van der Waals surface area (Å²) in [5.74, 6) is -0.680. The van der Waals surface area contributed by atoms with Gasteiger partial charge in [-0.25, -0.2) is 4.79 Å². The van der Waals surface area contributed by atoms with E-state index in [1.165, 1.54) is 0 Å². The number of rotatable bonds is 3. The fraction of sp³-hybridized carbons (Fsp3) is 0.824. The van der Waals surface area contributed by atoms with Crippen molar-refractivity contribution in [2.24, 2.45) is 17.3 Å². The van der Waals surface area contributed by atoms with Gasteiger partial charge in [0.1, 0.15) is 11.2 Å². The van der Waals surface area contributed by atoms with Gasteiger partial charge < -0.3 is 9.84 Å². The van der Waals surface area contributed by atoms with E-state index in [2.05, 4.69) is 6.58 Å². The molecular formula is C17H23F3O3. The molecule has 0 spiro atoms. The number of carbonyl (C=O) groups excluding carboxylic acids is 1. The molecule has 2 unspecified atom stereocenters. The quantitative estimate of drug-likeness (QED) is 0.632. The molecule has 4 bridgehead atoms. The van der Waals surface area contributed by atoms with Crippen molar-refractivity contribution in [1.82, 2.24) is 0 Å². The van der Waals surface area contributed by atoms with Gasteiger partial charge in [-0.1, -0.05) is 6.58 Å². The van der Waals surface area contributed by atoms with Gasteiger partial charge in [0.05, 0.1) is 5.60 Å². The highest BCUT2D eigenvalue weighted by Crippen LogP contribution is 2.65. The van der Waals surface area contributed by atoms with Gasteiger partial charge in [0.2, 0.25) is 0 Å². The van der Waals surface area contributed by atoms with Crippen LogP contribution in [0.1, 0.15) is 52.4 Å². The lowest BCUT2D eigenvalue weighted by Crippen LogP contribution is -2.63. The van der Waals surface area contributed by atoms with Crippen molar-refractivity contribution in [2.75, 3.05) is 0 Å². The van der Waals surface area contributed by atoms with Crippen molar-refractivity contribution in [2.45, 2.75) is 69.8 Å². The van der Waals surface area contributed by atoms with Crippen LogP contribution in [0.5, 0.6) is 0 Å². The SMILES string of the molecule is C=C(C(=O)OC(C)(C)C12CC3CC(CC(O)(C3)C1)C2)C(F)(F)F. The molecule has 4 rings (SSSR count). The van der Waals surface area contributed by atoms with Crippen LogP contribution in [0.25, 0.3) is 0 Å². The highest BCUT2D eigenvalue weighted by atomic mass is 19.4. The standard InChI is InChI=1S/C17H23F3O3/c1-10(17(18,19)20)13(21)23-14(2,3)15-5-11-4-12(6-15)8-16(22,7-11)9-15/h11-12,22H,1,4-9H2,2-3H3. The van der Waals surface area contributed by atoms with E-state index in [4.69, 9.17) is 4.74 Å². The predicted molar refractivity (Wildman–Crippen MR) is 77.4 cm³/mol. The molecule has 0 heterocycles. The molecule has 0 aromatic rings. The summed E-state index contributed by atoms with van der Waals surface area (Å²) in [5.41, 5.74) is -3.75. The minimum Gasteiger partial charge on any atom is -0.455 e. The summed E-state index contributed by atoms with van der Waals surface area (Å²) in [6.45, 7) is 6.16. The Morgan fingerprint density at radius 2 is 1.70 bits per heavy atom. The summed E-state index contributed by atoms with van der Waals surface area (Å²) < 4.78 is 43.3. The molecule has 4 aliphatic rings. The lowest BCUT2D eigenvalue weighted by atomic mass is 9.44. The lowest BCUT2D eigenvalue weighted by molar-refractivity contribution is -0.232. The molecule has 1 N–H and O–H groups in total. The van der Waals surface area contributed by atoms with Gasteiger partial charge >= 0.3 is 12.1 Å². The molecule has 130 valence electrons. The van der Waals surface area contributed by atoms with Crippen LogP contribution < -0.4 is 0 Å². The molecule has 23 heavy (non-hydrogen) atoms. The maximum absolute atomic E-state index is 12.7. The van der Waals surface area contributed by atoms with Crippen LogP contribution >= 0.6 is 0 Å². The summed E-state index contributed by atoms with van der Waals surface area (Å²) >= 11 is 0. The predicted octanol–water partition coefficient (Wildman–Crippen LogP) is 3.76. The third-order valence-corrected chi connectivity index (χ3v) is 6.24. The van der Waals surface area contributed by atoms with Crippen molar-refractivity contribution in [1.29, 1.82) is 0 Å². The second kappa shape index (κ2) is 4.74. The number of carbonyl (C=O) groups is 1. The number of alkyl halides is 3. The van der Waals surface area contributed by atoms with E-state index in [9.17, 15) is 23.1 Å². The van der Waals surface area contributed by atoms with E-state index in [0.29, 0.717) is 18.3 Å². The topological polar surface area (TPSA) is 46.5 Å². The third kappa shape index (κ3) is 2.69. The van der Waals surface area contributed by atoms with Crippen LogP contribution in [0.2, 0.25) is 0 Å². The van der Waals surface area contributed by atoms with Crippen LogP contribution in [-0.4, -0.2) is 28.5 Å². The van der Waals surface area contributed by atoms with Gasteiger partial charge in [-0.3, -0.25) is 0 Å². The first-order chi connectivity index (χ1) is 10.4. The number of halogens is 3. The molecule has 6 heteroatoms. The van der Waals surface area contributed by atoms with E-state index in [-0.39, 0.29) is 0 Å². The van der Waals surface area contributed by atoms with Crippen molar-refractivity contribution in [3.05, 3.63) is 12.2 Å². The molecular weight excluding hydrogens is 309 g/mol. The highest BCUT2D eigenvalue weighted by molar-refractivity contribution is 5.89. The van der Waals surface area contributed by atoms with Gasteiger partial charge in [-0.05, 0) is 64.2 Å². The summed E-state index contributed by atoms with van der Waals surface area (Å²) in [7, 11) is 0. The minimum atomic E-state index is -4.78. The molecule has 3 nitrogen and oxygen atoms in total. The lowest BCUT2D eigenvalue weighted by Gasteiger charge is -2.64. The maximum atomic E-state index is 12.7. The average Bonchev–Trinajstić information content (AvgIpc) is 2.32. The zero-order chi connectivity index (χ0) is 17.3. The summed E-state index contributed by atoms with van der Waals surface area (Å²) in [6, 6.07) is 0. The molecule has 4 fully saturated rings. The monoisotopic (exact) mass is 332 g/mol. The van der Waals surface area contributed by atoms with Gasteiger partial charge in [0.15, 0.2) is 0 Å². The van der Waals surface area contributed by atoms with Gasteiger partial charge in [0, 0.05) is 5.41 Å². The molecule has 0 aromatic heterocycles. The third-order valence-electron chi connectivity index (χ3n) is 6.24. The Hall–Kier alpha value is -1.04. The zero-order valence-corrected chi connectivity index (χ0v) is 13.5. The molecule has 0 amide bonds. The van der Waals surface area contributed by atoms with Crippen LogP contribution in [-0.2, 0) is 9.53 Å². The van der Waals surface area contributed by atoms with Crippen molar-refractivity contribution >= 4 is 5.97 Å². The number of aliphatic hydroxyl groups is 1. The van der Waals surface area contributed by atoms with Crippen molar-refractivity contribution in [3.63, 3.8) is 0 Å². The fourth-order valence-corrected chi connectivity index (χ4v) is 5.44. The normalized spacial score (nSPS) is 39.4. The first-order valence-electron chi connectivity index (χ1n) is 8.08. The summed E-state index contributed by atoms with van der Waals surface area (Å²) in [5, 5.41) is 10.8. The Balaban J connectivity index is 1.82. The smallest absolute Gasteiger partial charge is 0.422 e. The molecule has 0 radical (unpaired) electrons. The largest absolute Gasteiger partial charge is 0.455 e. The van der Waals surface area contributed by atoms with Gasteiger partial charge in [-0.2, -0.15) is 13.2 Å². The number of hydrogen-bond donors (Lipinski definition) is 1. The number of hydrogen-bond acceptors (Lipinski definition) is 3. The van der Waals surface area contributed by atoms with E-state index < -0.39 is 34.3 Å². The second-order valence-corrected chi connectivity index (χ2v) is 8.34. The molecule has 0 aliphatic heterocycles. The number of ether oxygens (including phenoxy) is 1. The van der Waals surface area contributed by atoms with Gasteiger partial charge in [0.25, 0.3) is 0 Å². The van der Waals surface area contributed by atoms with Gasteiger partial charge in [-0.15, -0.1) is 0 Å². The van der Waals surface area contributed by atoms with Crippen molar-refractivity contribution in [3.8, 4) is 0 Å². The first-order valence-corrected chi connectivity index (χ1v) is 8.08. The molecule has 0 saturated heterocycles. The average molecular weight is 332 g/mol. The molecule has 4 aliphatic carbocycles. The van der Waals surface area contributed by atoms with E-state index >= 15 is 0 Å². The Bertz CT molecular complexity index is 536. The minimum absolute atomic E-state index is 0.366. The van der Waals surface area contributed by atoms with Crippen LogP contribution in [0, 0.1) is 17.3 Å². The Morgan fingerprint density at radius 3 is 2.13 bits per heavy atom. The number of esters is 1. The van der Waals surface area contributed by atoms with Crippen LogP contribution in [0.3, 0.4) is 0 Å². The van der Waals surface area contributed by atoms with Crippen molar-refractivity contribution < 1.29 is 27.8 Å². The molecule has 4 saturated carbocycles. The molecule has 0 aromatic carbocycles. The van der Waals surface area contributed by atoms with E-state index in [1.54, 1.807) is 13.8 Å². The fourth-order valence-electron chi connectivity index (χ4n) is 5.44. The Kier molecular flexibility index (Phi) is 3.47. The Labute approximate surface area is 133 Å².